The number of carboxylic acid groups (broad SMARTS) is 1. The molecule has 0 radical (unpaired) electrons. The van der Waals surface area contributed by atoms with Gasteiger partial charge in [0.15, 0.2) is 0 Å². The van der Waals surface area contributed by atoms with Gasteiger partial charge in [0.25, 0.3) is 0 Å². The summed E-state index contributed by atoms with van der Waals surface area (Å²) in [5.74, 6) is -0.959. The maximum atomic E-state index is 12.4. The number of carbonyl (C=O) groups excluding carboxylic acids is 1. The molecule has 1 rings (SSSR count). The first kappa shape index (κ1) is 15.0. The van der Waals surface area contributed by atoms with Crippen LogP contribution in [0.1, 0.15) is 53.4 Å². The number of nitrogens with zero attached hydrogens (tertiary/aromatic N) is 1. The Kier molecular flexibility index (Phi) is 4.77. The van der Waals surface area contributed by atoms with Crippen LogP contribution in [0.2, 0.25) is 0 Å². The highest BCUT2D eigenvalue weighted by atomic mass is 16.4. The molecule has 4 nitrogen and oxygen atoms in total. The summed E-state index contributed by atoms with van der Waals surface area (Å²) in [6.07, 6.45) is 3.52. The van der Waals surface area contributed by atoms with Crippen molar-refractivity contribution in [3.63, 3.8) is 0 Å². The van der Waals surface area contributed by atoms with Gasteiger partial charge in [0, 0.05) is 12.5 Å². The molecule has 4 heteroatoms. The maximum absolute atomic E-state index is 12.4. The number of carbonyl (C=O) groups is 2. The fourth-order valence-corrected chi connectivity index (χ4v) is 2.94. The summed E-state index contributed by atoms with van der Waals surface area (Å²) >= 11 is 0. The third-order valence-electron chi connectivity index (χ3n) is 3.93. The minimum absolute atomic E-state index is 0.00275. The van der Waals surface area contributed by atoms with Crippen molar-refractivity contribution >= 4 is 11.9 Å². The van der Waals surface area contributed by atoms with Crippen LogP contribution in [0, 0.1) is 11.3 Å². The molecule has 18 heavy (non-hydrogen) atoms. The summed E-state index contributed by atoms with van der Waals surface area (Å²) in [5.41, 5.74) is -0.342. The lowest BCUT2D eigenvalue weighted by molar-refractivity contribution is -0.160. The molecule has 1 N–H and O–H groups in total. The first-order valence-electron chi connectivity index (χ1n) is 6.84. The van der Waals surface area contributed by atoms with Gasteiger partial charge in [-0.2, -0.15) is 0 Å². The zero-order valence-electron chi connectivity index (χ0n) is 11.9. The van der Waals surface area contributed by atoms with Crippen LogP contribution < -0.4 is 0 Å². The van der Waals surface area contributed by atoms with Crippen LogP contribution in [-0.4, -0.2) is 34.5 Å². The van der Waals surface area contributed by atoms with Crippen molar-refractivity contribution < 1.29 is 14.7 Å². The predicted molar refractivity (Wildman–Crippen MR) is 70.2 cm³/mol. The summed E-state index contributed by atoms with van der Waals surface area (Å²) in [5, 5.41) is 9.41. The summed E-state index contributed by atoms with van der Waals surface area (Å²) < 4.78 is 0. The van der Waals surface area contributed by atoms with E-state index in [1.54, 1.807) is 4.90 Å². The van der Waals surface area contributed by atoms with Gasteiger partial charge >= 0.3 is 5.97 Å². The molecule has 0 aliphatic carbocycles. The van der Waals surface area contributed by atoms with Crippen LogP contribution in [0.4, 0.5) is 0 Å². The third-order valence-corrected chi connectivity index (χ3v) is 3.93. The minimum Gasteiger partial charge on any atom is -0.480 e. The molecule has 2 atom stereocenters. The molecule has 1 aliphatic heterocycles. The minimum atomic E-state index is -0.878. The summed E-state index contributed by atoms with van der Waals surface area (Å²) in [6, 6.07) is -0.682. The molecule has 0 aromatic carbocycles. The second-order valence-electron chi connectivity index (χ2n) is 6.05. The van der Waals surface area contributed by atoms with Gasteiger partial charge in [-0.25, -0.2) is 4.79 Å². The lowest BCUT2D eigenvalue weighted by Crippen LogP contribution is -2.57. The Hall–Kier alpha value is -1.06. The van der Waals surface area contributed by atoms with E-state index in [0.29, 0.717) is 6.54 Å². The first-order chi connectivity index (χ1) is 8.31. The maximum Gasteiger partial charge on any atom is 0.326 e. The van der Waals surface area contributed by atoms with Crippen LogP contribution in [0.3, 0.4) is 0 Å². The van der Waals surface area contributed by atoms with Gasteiger partial charge in [0.05, 0.1) is 0 Å². The molecule has 0 aromatic heterocycles. The SMILES string of the molecule is CCCC(C)C(=O)N1CCCC(C)(C)C1C(=O)O. The van der Waals surface area contributed by atoms with E-state index in [1.807, 2.05) is 27.7 Å². The molecule has 1 amide bonds. The Morgan fingerprint density at radius 2 is 2.06 bits per heavy atom. The highest BCUT2D eigenvalue weighted by Crippen LogP contribution is 2.36. The predicted octanol–water partition coefficient (Wildman–Crippen LogP) is 2.52. The Labute approximate surface area is 109 Å². The zero-order chi connectivity index (χ0) is 13.9. The van der Waals surface area contributed by atoms with Crippen molar-refractivity contribution in [1.82, 2.24) is 4.90 Å². The topological polar surface area (TPSA) is 57.6 Å². The van der Waals surface area contributed by atoms with Crippen molar-refractivity contribution in [3.8, 4) is 0 Å². The Bertz CT molecular complexity index is 325. The number of hydrogen-bond acceptors (Lipinski definition) is 2. The fourth-order valence-electron chi connectivity index (χ4n) is 2.94. The van der Waals surface area contributed by atoms with E-state index < -0.39 is 12.0 Å². The normalized spacial score (nSPS) is 24.7. The van der Waals surface area contributed by atoms with Gasteiger partial charge in [-0.15, -0.1) is 0 Å². The van der Waals surface area contributed by atoms with Crippen LogP contribution >= 0.6 is 0 Å². The van der Waals surface area contributed by atoms with Gasteiger partial charge in [0.2, 0.25) is 5.91 Å². The number of hydrogen-bond donors (Lipinski definition) is 1. The molecule has 0 aromatic rings. The monoisotopic (exact) mass is 255 g/mol. The van der Waals surface area contributed by atoms with Gasteiger partial charge in [-0.05, 0) is 24.7 Å². The molecule has 0 spiro atoms. The van der Waals surface area contributed by atoms with Crippen molar-refractivity contribution in [2.75, 3.05) is 6.54 Å². The molecule has 1 fully saturated rings. The highest BCUT2D eigenvalue weighted by Gasteiger charge is 2.45. The van der Waals surface area contributed by atoms with Crippen LogP contribution in [0.25, 0.3) is 0 Å². The molecule has 0 saturated carbocycles. The van der Waals surface area contributed by atoms with E-state index in [0.717, 1.165) is 25.7 Å². The average molecular weight is 255 g/mol. The molecule has 1 aliphatic rings. The van der Waals surface area contributed by atoms with Gasteiger partial charge < -0.3 is 10.0 Å². The number of carboxylic acids is 1. The van der Waals surface area contributed by atoms with E-state index in [1.165, 1.54) is 0 Å². The second kappa shape index (κ2) is 5.72. The van der Waals surface area contributed by atoms with Crippen molar-refractivity contribution in [3.05, 3.63) is 0 Å². The summed E-state index contributed by atoms with van der Waals surface area (Å²) in [7, 11) is 0. The van der Waals surface area contributed by atoms with Crippen LogP contribution in [0.15, 0.2) is 0 Å². The Balaban J connectivity index is 2.91. The lowest BCUT2D eigenvalue weighted by atomic mass is 9.76. The standard InChI is InChI=1S/C14H25NO3/c1-5-7-10(2)12(16)15-9-6-8-14(3,4)11(15)13(17)18/h10-11H,5-9H2,1-4H3,(H,17,18). The first-order valence-corrected chi connectivity index (χ1v) is 6.84. The number of likely N-dealkylation sites (tertiary alicyclic amines) is 1. The largest absolute Gasteiger partial charge is 0.480 e. The van der Waals surface area contributed by atoms with Gasteiger partial charge in [-0.1, -0.05) is 34.1 Å². The molecule has 0 bridgehead atoms. The van der Waals surface area contributed by atoms with E-state index >= 15 is 0 Å². The fraction of sp³-hybridized carbons (Fsp3) is 0.857. The Morgan fingerprint density at radius 1 is 1.44 bits per heavy atom. The zero-order valence-corrected chi connectivity index (χ0v) is 11.9. The number of aliphatic carboxylic acids is 1. The average Bonchev–Trinajstić information content (AvgIpc) is 2.26. The smallest absolute Gasteiger partial charge is 0.326 e. The summed E-state index contributed by atoms with van der Waals surface area (Å²) in [4.78, 5) is 25.4. The quantitative estimate of drug-likeness (QED) is 0.839. The molecule has 2 unspecified atom stereocenters. The lowest BCUT2D eigenvalue weighted by Gasteiger charge is -2.44. The van der Waals surface area contributed by atoms with E-state index in [2.05, 4.69) is 0 Å². The second-order valence-corrected chi connectivity index (χ2v) is 6.05. The van der Waals surface area contributed by atoms with Gasteiger partial charge in [-0.3, -0.25) is 4.79 Å². The van der Waals surface area contributed by atoms with E-state index in [-0.39, 0.29) is 17.2 Å². The van der Waals surface area contributed by atoms with E-state index in [9.17, 15) is 14.7 Å². The third kappa shape index (κ3) is 3.03. The van der Waals surface area contributed by atoms with Crippen molar-refractivity contribution in [2.45, 2.75) is 59.4 Å². The van der Waals surface area contributed by atoms with Crippen molar-refractivity contribution in [2.24, 2.45) is 11.3 Å². The Morgan fingerprint density at radius 3 is 2.56 bits per heavy atom. The number of piperidine rings is 1. The highest BCUT2D eigenvalue weighted by molar-refractivity contribution is 5.85. The number of amides is 1. The molecule has 1 saturated heterocycles. The van der Waals surface area contributed by atoms with E-state index in [4.69, 9.17) is 0 Å². The molecule has 104 valence electrons. The molecular weight excluding hydrogens is 230 g/mol. The van der Waals surface area contributed by atoms with Crippen molar-refractivity contribution in [1.29, 1.82) is 0 Å². The van der Waals surface area contributed by atoms with Crippen LogP contribution in [-0.2, 0) is 9.59 Å². The molecular formula is C14H25NO3. The number of rotatable bonds is 4. The summed E-state index contributed by atoms with van der Waals surface area (Å²) in [6.45, 7) is 8.39. The van der Waals surface area contributed by atoms with Crippen LogP contribution in [0.5, 0.6) is 0 Å². The van der Waals surface area contributed by atoms with Gasteiger partial charge in [0.1, 0.15) is 6.04 Å². The molecule has 1 heterocycles.